The first kappa shape index (κ1) is 10.6. The summed E-state index contributed by atoms with van der Waals surface area (Å²) in [5.41, 5.74) is 7.15. The molecule has 76 valence electrons. The third-order valence-electron chi connectivity index (χ3n) is 2.26. The van der Waals surface area contributed by atoms with E-state index in [1.165, 1.54) is 0 Å². The van der Waals surface area contributed by atoms with Crippen LogP contribution in [0.15, 0.2) is 12.1 Å². The molecule has 1 amide bonds. The predicted molar refractivity (Wildman–Crippen MR) is 55.5 cm³/mol. The van der Waals surface area contributed by atoms with Gasteiger partial charge in [0.25, 0.3) is 0 Å². The van der Waals surface area contributed by atoms with Gasteiger partial charge in [-0.3, -0.25) is 4.79 Å². The largest absolute Gasteiger partial charge is 0.508 e. The molecular weight excluding hydrogens is 178 g/mol. The third kappa shape index (κ3) is 1.87. The van der Waals surface area contributed by atoms with Gasteiger partial charge >= 0.3 is 0 Å². The average molecular weight is 193 g/mol. The topological polar surface area (TPSA) is 63.3 Å². The molecule has 3 nitrogen and oxygen atoms in total. The number of carbonyl (C=O) groups is 1. The lowest BCUT2D eigenvalue weighted by Gasteiger charge is -2.11. The molecule has 0 unspecified atom stereocenters. The summed E-state index contributed by atoms with van der Waals surface area (Å²) in [7, 11) is 0. The molecule has 0 aliphatic carbocycles. The molecule has 3 heteroatoms. The van der Waals surface area contributed by atoms with E-state index in [1.807, 2.05) is 13.8 Å². The van der Waals surface area contributed by atoms with Crippen LogP contribution < -0.4 is 5.73 Å². The molecule has 0 saturated heterocycles. The minimum Gasteiger partial charge on any atom is -0.508 e. The van der Waals surface area contributed by atoms with Crippen molar-refractivity contribution in [1.82, 2.24) is 0 Å². The standard InChI is InChI=1S/C11H15NO2/c1-6(2)8-5-9(11(12)14)7(3)4-10(8)13/h4-6,13H,1-3H3,(H2,12,14). The van der Waals surface area contributed by atoms with Crippen molar-refractivity contribution in [1.29, 1.82) is 0 Å². The summed E-state index contributed by atoms with van der Waals surface area (Å²) in [5, 5.41) is 9.62. The van der Waals surface area contributed by atoms with Crippen molar-refractivity contribution in [2.45, 2.75) is 26.7 Å². The smallest absolute Gasteiger partial charge is 0.248 e. The van der Waals surface area contributed by atoms with Crippen molar-refractivity contribution < 1.29 is 9.90 Å². The second-order valence-corrected chi connectivity index (χ2v) is 3.74. The lowest BCUT2D eigenvalue weighted by atomic mass is 9.96. The number of primary amides is 1. The van der Waals surface area contributed by atoms with Crippen LogP contribution in [-0.2, 0) is 0 Å². The molecule has 0 radical (unpaired) electrons. The molecule has 1 aromatic rings. The quantitative estimate of drug-likeness (QED) is 0.753. The number of carbonyl (C=O) groups excluding carboxylic acids is 1. The normalized spacial score (nSPS) is 10.6. The van der Waals surface area contributed by atoms with Gasteiger partial charge in [0, 0.05) is 5.56 Å². The Morgan fingerprint density at radius 2 is 2.00 bits per heavy atom. The van der Waals surface area contributed by atoms with Crippen molar-refractivity contribution in [2.75, 3.05) is 0 Å². The maximum Gasteiger partial charge on any atom is 0.248 e. The molecule has 1 aromatic carbocycles. The summed E-state index contributed by atoms with van der Waals surface area (Å²) < 4.78 is 0. The molecule has 1 rings (SSSR count). The Hall–Kier alpha value is -1.51. The van der Waals surface area contributed by atoms with Gasteiger partial charge in [-0.25, -0.2) is 0 Å². The number of phenols is 1. The number of hydrogen-bond donors (Lipinski definition) is 2. The van der Waals surface area contributed by atoms with Gasteiger partial charge in [0.05, 0.1) is 0 Å². The highest BCUT2D eigenvalue weighted by Crippen LogP contribution is 2.28. The van der Waals surface area contributed by atoms with Gasteiger partial charge in [-0.15, -0.1) is 0 Å². The zero-order valence-electron chi connectivity index (χ0n) is 8.66. The second-order valence-electron chi connectivity index (χ2n) is 3.74. The zero-order chi connectivity index (χ0) is 10.9. The molecule has 0 aliphatic heterocycles. The van der Waals surface area contributed by atoms with Gasteiger partial charge in [0.1, 0.15) is 5.75 Å². The molecule has 0 saturated carbocycles. The molecule has 0 aliphatic rings. The summed E-state index contributed by atoms with van der Waals surface area (Å²) in [4.78, 5) is 11.0. The third-order valence-corrected chi connectivity index (χ3v) is 2.26. The van der Waals surface area contributed by atoms with Gasteiger partial charge < -0.3 is 10.8 Å². The Labute approximate surface area is 83.6 Å². The van der Waals surface area contributed by atoms with Crippen LogP contribution in [0.2, 0.25) is 0 Å². The van der Waals surface area contributed by atoms with Crippen molar-refractivity contribution in [3.8, 4) is 5.75 Å². The van der Waals surface area contributed by atoms with E-state index in [2.05, 4.69) is 0 Å². The molecule has 3 N–H and O–H groups in total. The Morgan fingerprint density at radius 1 is 1.43 bits per heavy atom. The van der Waals surface area contributed by atoms with E-state index in [9.17, 15) is 9.90 Å². The van der Waals surface area contributed by atoms with Gasteiger partial charge in [0.15, 0.2) is 0 Å². The maximum atomic E-state index is 11.0. The molecule has 14 heavy (non-hydrogen) atoms. The van der Waals surface area contributed by atoms with Gasteiger partial charge in [-0.1, -0.05) is 13.8 Å². The van der Waals surface area contributed by atoms with E-state index in [4.69, 9.17) is 5.73 Å². The minimum atomic E-state index is -0.454. The Kier molecular flexibility index (Phi) is 2.79. The first-order chi connectivity index (χ1) is 6.43. The molecule has 0 spiro atoms. The Balaban J connectivity index is 3.34. The first-order valence-electron chi connectivity index (χ1n) is 4.56. The fourth-order valence-corrected chi connectivity index (χ4v) is 1.44. The predicted octanol–water partition coefficient (Wildman–Crippen LogP) is 1.92. The van der Waals surface area contributed by atoms with Gasteiger partial charge in [0.2, 0.25) is 5.91 Å². The summed E-state index contributed by atoms with van der Waals surface area (Å²) in [6.45, 7) is 5.66. The van der Waals surface area contributed by atoms with E-state index in [0.29, 0.717) is 11.1 Å². The monoisotopic (exact) mass is 193 g/mol. The molecule has 0 heterocycles. The SMILES string of the molecule is Cc1cc(O)c(C(C)C)cc1C(N)=O. The van der Waals surface area contributed by atoms with Crippen LogP contribution in [-0.4, -0.2) is 11.0 Å². The van der Waals surface area contributed by atoms with Crippen LogP contribution >= 0.6 is 0 Å². The minimum absolute atomic E-state index is 0.175. The average Bonchev–Trinajstić information content (AvgIpc) is 2.02. The second kappa shape index (κ2) is 3.70. The number of nitrogens with two attached hydrogens (primary N) is 1. The fourth-order valence-electron chi connectivity index (χ4n) is 1.44. The van der Waals surface area contributed by atoms with E-state index in [0.717, 1.165) is 5.56 Å². The van der Waals surface area contributed by atoms with Gasteiger partial charge in [-0.2, -0.15) is 0 Å². The Morgan fingerprint density at radius 3 is 2.43 bits per heavy atom. The molecule has 0 aromatic heterocycles. The van der Waals surface area contributed by atoms with Crippen LogP contribution in [0.3, 0.4) is 0 Å². The Bertz CT molecular complexity index is 370. The summed E-state index contributed by atoms with van der Waals surface area (Å²) >= 11 is 0. The summed E-state index contributed by atoms with van der Waals surface area (Å²) in [5.74, 6) is -0.0550. The highest BCUT2D eigenvalue weighted by atomic mass is 16.3. The van der Waals surface area contributed by atoms with Crippen LogP contribution in [0.25, 0.3) is 0 Å². The highest BCUT2D eigenvalue weighted by molar-refractivity contribution is 5.94. The summed E-state index contributed by atoms with van der Waals surface area (Å²) in [6, 6.07) is 3.24. The van der Waals surface area contributed by atoms with E-state index >= 15 is 0 Å². The van der Waals surface area contributed by atoms with Crippen LogP contribution in [0.1, 0.15) is 41.3 Å². The maximum absolute atomic E-state index is 11.0. The molecule has 0 fully saturated rings. The number of hydrogen-bond acceptors (Lipinski definition) is 2. The number of aromatic hydroxyl groups is 1. The number of benzene rings is 1. The van der Waals surface area contributed by atoms with E-state index < -0.39 is 5.91 Å². The van der Waals surface area contributed by atoms with Crippen molar-refractivity contribution in [3.63, 3.8) is 0 Å². The lowest BCUT2D eigenvalue weighted by molar-refractivity contribution is 0.0999. The highest BCUT2D eigenvalue weighted by Gasteiger charge is 2.12. The zero-order valence-corrected chi connectivity index (χ0v) is 8.66. The molecule has 0 bridgehead atoms. The van der Waals surface area contributed by atoms with Crippen LogP contribution in [0.4, 0.5) is 0 Å². The van der Waals surface area contributed by atoms with Crippen molar-refractivity contribution in [2.24, 2.45) is 5.73 Å². The molecular formula is C11H15NO2. The van der Waals surface area contributed by atoms with Crippen molar-refractivity contribution >= 4 is 5.91 Å². The fraction of sp³-hybridized carbons (Fsp3) is 0.364. The number of amides is 1. The van der Waals surface area contributed by atoms with E-state index in [-0.39, 0.29) is 11.7 Å². The summed E-state index contributed by atoms with van der Waals surface area (Å²) in [6.07, 6.45) is 0. The molecule has 0 atom stereocenters. The number of phenolic OH excluding ortho intramolecular Hbond substituents is 1. The number of rotatable bonds is 2. The van der Waals surface area contributed by atoms with Crippen molar-refractivity contribution in [3.05, 3.63) is 28.8 Å². The number of aryl methyl sites for hydroxylation is 1. The first-order valence-corrected chi connectivity index (χ1v) is 4.56. The van der Waals surface area contributed by atoms with Gasteiger partial charge in [-0.05, 0) is 36.1 Å². The van der Waals surface area contributed by atoms with Crippen LogP contribution in [0.5, 0.6) is 5.75 Å². The van der Waals surface area contributed by atoms with E-state index in [1.54, 1.807) is 19.1 Å². The lowest BCUT2D eigenvalue weighted by Crippen LogP contribution is -2.13. The van der Waals surface area contributed by atoms with Crippen LogP contribution in [0, 0.1) is 6.92 Å².